The van der Waals surface area contributed by atoms with Gasteiger partial charge in [-0.25, -0.2) is 0 Å². The Morgan fingerprint density at radius 3 is 1.51 bits per heavy atom. The fourth-order valence-electron chi connectivity index (χ4n) is 7.43. The molecule has 1 aliphatic rings. The summed E-state index contributed by atoms with van der Waals surface area (Å²) in [7, 11) is 0. The largest absolute Gasteiger partial charge is 0.310 e. The highest BCUT2D eigenvalue weighted by Gasteiger charge is 2.25. The van der Waals surface area contributed by atoms with E-state index in [0.29, 0.717) is 0 Å². The summed E-state index contributed by atoms with van der Waals surface area (Å²) in [6, 6.07) is 48.2. The van der Waals surface area contributed by atoms with Crippen LogP contribution < -0.4 is 4.90 Å². The number of anilines is 3. The minimum Gasteiger partial charge on any atom is -0.310 e. The number of rotatable bonds is 4. The number of fused-ring (bicyclic) bond motifs is 6. The van der Waals surface area contributed by atoms with Crippen molar-refractivity contribution in [2.75, 3.05) is 4.90 Å². The van der Waals surface area contributed by atoms with Gasteiger partial charge in [0.15, 0.2) is 0 Å². The molecule has 0 amide bonds. The Kier molecular flexibility index (Phi) is 7.12. The number of aryl methyl sites for hydroxylation is 2. The molecule has 0 atom stereocenters. The third-order valence-corrected chi connectivity index (χ3v) is 10.5. The monoisotopic (exact) mass is 635 g/mol. The van der Waals surface area contributed by atoms with Gasteiger partial charge in [0.1, 0.15) is 0 Å². The Balaban J connectivity index is 1.19. The molecule has 242 valence electrons. The van der Waals surface area contributed by atoms with Crippen molar-refractivity contribution in [1.82, 2.24) is 0 Å². The van der Waals surface area contributed by atoms with Crippen molar-refractivity contribution < 1.29 is 0 Å². The molecule has 1 heteroatoms. The van der Waals surface area contributed by atoms with Gasteiger partial charge in [-0.3, -0.25) is 0 Å². The zero-order chi connectivity index (χ0) is 34.2. The van der Waals surface area contributed by atoms with Gasteiger partial charge < -0.3 is 4.90 Å². The number of para-hydroxylation sites is 1. The second-order valence-electron chi connectivity index (χ2n) is 16.1. The maximum Gasteiger partial charge on any atom is 0.0493 e. The maximum absolute atomic E-state index is 2.45. The molecule has 0 radical (unpaired) electrons. The van der Waals surface area contributed by atoms with Crippen molar-refractivity contribution in [3.8, 4) is 33.4 Å². The van der Waals surface area contributed by atoms with E-state index in [4.69, 9.17) is 0 Å². The van der Waals surface area contributed by atoms with Crippen LogP contribution in [0.1, 0.15) is 63.8 Å². The summed E-state index contributed by atoms with van der Waals surface area (Å²) in [6.45, 7) is 18.1. The van der Waals surface area contributed by atoms with E-state index in [0.717, 1.165) is 0 Å². The molecule has 7 aromatic rings. The van der Waals surface area contributed by atoms with Crippen LogP contribution in [0.15, 0.2) is 127 Å². The van der Waals surface area contributed by atoms with Gasteiger partial charge in [-0.05, 0) is 156 Å². The lowest BCUT2D eigenvalue weighted by Gasteiger charge is -2.31. The third-order valence-electron chi connectivity index (χ3n) is 10.5. The van der Waals surface area contributed by atoms with E-state index in [-0.39, 0.29) is 10.8 Å². The summed E-state index contributed by atoms with van der Waals surface area (Å²) in [6.07, 6.45) is 0. The summed E-state index contributed by atoms with van der Waals surface area (Å²) in [5.74, 6) is 0. The molecule has 0 saturated carbocycles. The Bertz CT molecular complexity index is 2410. The van der Waals surface area contributed by atoms with Crippen molar-refractivity contribution in [2.24, 2.45) is 0 Å². The Morgan fingerprint density at radius 2 is 0.898 bits per heavy atom. The second-order valence-corrected chi connectivity index (χ2v) is 16.1. The Hall–Kier alpha value is -5.14. The van der Waals surface area contributed by atoms with Gasteiger partial charge in [0.2, 0.25) is 0 Å². The molecule has 0 bridgehead atoms. The van der Waals surface area contributed by atoms with E-state index in [9.17, 15) is 0 Å². The molecule has 0 spiro atoms. The number of hydrogen-bond donors (Lipinski definition) is 0. The van der Waals surface area contributed by atoms with Crippen LogP contribution >= 0.6 is 0 Å². The summed E-state index contributed by atoms with van der Waals surface area (Å²) in [4.78, 5) is 2.45. The van der Waals surface area contributed by atoms with Crippen LogP contribution in [0.3, 0.4) is 0 Å². The molecule has 0 aliphatic heterocycles. The highest BCUT2D eigenvalue weighted by Crippen LogP contribution is 2.51. The Labute approximate surface area is 291 Å². The average molecular weight is 636 g/mol. The standard InChI is InChI=1S/C48H45N/c1-30-11-9-10-12-45(30)49(46-29-39(48(6,7)8)19-13-31(46)2)40-22-18-35-26-42-43-27-36-23-33(32-16-20-38(21-17-32)47(3,4)5)14-15-34(36)25-41(43)44(42)28-37(35)24-40/h9-29H,1-8H3. The summed E-state index contributed by atoms with van der Waals surface area (Å²) >= 11 is 0. The zero-order valence-electron chi connectivity index (χ0n) is 30.1. The first-order chi connectivity index (χ1) is 23.3. The first kappa shape index (κ1) is 31.1. The molecule has 49 heavy (non-hydrogen) atoms. The van der Waals surface area contributed by atoms with Gasteiger partial charge in [0.05, 0.1) is 0 Å². The Morgan fingerprint density at radius 1 is 0.388 bits per heavy atom. The smallest absolute Gasteiger partial charge is 0.0493 e. The molecule has 0 unspecified atom stereocenters. The lowest BCUT2D eigenvalue weighted by atomic mass is 9.77. The molecular formula is C48H45N. The molecule has 0 saturated heterocycles. The predicted octanol–water partition coefficient (Wildman–Crippen LogP) is 14.0. The molecule has 0 fully saturated rings. The van der Waals surface area contributed by atoms with Gasteiger partial charge in [-0.1, -0.05) is 114 Å². The van der Waals surface area contributed by atoms with E-state index in [1.165, 1.54) is 94.2 Å². The van der Waals surface area contributed by atoms with Gasteiger partial charge in [-0.15, -0.1) is 0 Å². The van der Waals surface area contributed by atoms with Gasteiger partial charge in [-0.2, -0.15) is 0 Å². The number of nitrogens with zero attached hydrogens (tertiary/aromatic N) is 1. The minimum atomic E-state index is 0.0579. The van der Waals surface area contributed by atoms with Gasteiger partial charge >= 0.3 is 0 Å². The van der Waals surface area contributed by atoms with Crippen molar-refractivity contribution in [3.63, 3.8) is 0 Å². The molecule has 0 heterocycles. The van der Waals surface area contributed by atoms with Crippen LogP contribution in [0.25, 0.3) is 54.9 Å². The summed E-state index contributed by atoms with van der Waals surface area (Å²) < 4.78 is 0. The second kappa shape index (κ2) is 11.2. The summed E-state index contributed by atoms with van der Waals surface area (Å²) in [5, 5.41) is 5.11. The molecule has 1 nitrogen and oxygen atoms in total. The highest BCUT2D eigenvalue weighted by atomic mass is 15.1. The normalized spacial score (nSPS) is 12.5. The molecule has 0 aromatic heterocycles. The summed E-state index contributed by atoms with van der Waals surface area (Å²) in [5.41, 5.74) is 17.0. The van der Waals surface area contributed by atoms with Crippen molar-refractivity contribution >= 4 is 38.6 Å². The quantitative estimate of drug-likeness (QED) is 0.186. The lowest BCUT2D eigenvalue weighted by Crippen LogP contribution is -2.16. The van der Waals surface area contributed by atoms with E-state index in [1.807, 2.05) is 0 Å². The van der Waals surface area contributed by atoms with Gasteiger partial charge in [0.25, 0.3) is 0 Å². The van der Waals surface area contributed by atoms with E-state index < -0.39 is 0 Å². The van der Waals surface area contributed by atoms with E-state index >= 15 is 0 Å². The van der Waals surface area contributed by atoms with Crippen LogP contribution in [0.5, 0.6) is 0 Å². The first-order valence-electron chi connectivity index (χ1n) is 17.6. The molecule has 0 N–H and O–H groups in total. The van der Waals surface area contributed by atoms with Crippen molar-refractivity contribution in [3.05, 3.63) is 150 Å². The van der Waals surface area contributed by atoms with Crippen molar-refractivity contribution in [1.29, 1.82) is 0 Å². The minimum absolute atomic E-state index is 0.0579. The molecule has 8 rings (SSSR count). The first-order valence-corrected chi connectivity index (χ1v) is 17.6. The van der Waals surface area contributed by atoms with Crippen LogP contribution in [0.2, 0.25) is 0 Å². The number of hydrogen-bond acceptors (Lipinski definition) is 1. The van der Waals surface area contributed by atoms with Crippen molar-refractivity contribution in [2.45, 2.75) is 66.2 Å². The van der Waals surface area contributed by atoms with E-state index in [2.05, 4.69) is 188 Å². The topological polar surface area (TPSA) is 3.24 Å². The fraction of sp³-hybridized carbons (Fsp3) is 0.208. The average Bonchev–Trinajstić information content (AvgIpc) is 3.07. The predicted molar refractivity (Wildman–Crippen MR) is 213 cm³/mol. The molecule has 1 aliphatic carbocycles. The SMILES string of the molecule is Cc1ccccc1N(c1ccc2cc3c(cc2c1)-c1cc2ccc(-c4ccc(C(C)(C)C)cc4)cc2cc1-3)c1cc(C(C)(C)C)ccc1C. The van der Waals surface area contributed by atoms with Crippen LogP contribution in [0, 0.1) is 13.8 Å². The zero-order valence-corrected chi connectivity index (χ0v) is 30.1. The van der Waals surface area contributed by atoms with Crippen LogP contribution in [-0.4, -0.2) is 0 Å². The highest BCUT2D eigenvalue weighted by molar-refractivity contribution is 6.12. The number of benzene rings is 7. The van der Waals surface area contributed by atoms with Crippen LogP contribution in [-0.2, 0) is 10.8 Å². The fourth-order valence-corrected chi connectivity index (χ4v) is 7.43. The van der Waals surface area contributed by atoms with E-state index in [1.54, 1.807) is 0 Å². The third kappa shape index (κ3) is 5.42. The molecule has 7 aromatic carbocycles. The molecular weight excluding hydrogens is 591 g/mol. The lowest BCUT2D eigenvalue weighted by molar-refractivity contribution is 0.590. The van der Waals surface area contributed by atoms with Crippen LogP contribution in [0.4, 0.5) is 17.1 Å². The maximum atomic E-state index is 2.45. The van der Waals surface area contributed by atoms with Gasteiger partial charge in [0, 0.05) is 17.1 Å².